The molecule has 3 fully saturated rings. The molecular weight excluding hydrogens is 617 g/mol. The highest BCUT2D eigenvalue weighted by Crippen LogP contribution is 2.38. The number of Topliss-reactive ketones (excluding diaryl/α,β-unsaturated/α-hetero) is 1. The van der Waals surface area contributed by atoms with Gasteiger partial charge in [0.25, 0.3) is 5.91 Å². The largest absolute Gasteiger partial charge is 0.481 e. The van der Waals surface area contributed by atoms with Gasteiger partial charge in [-0.15, -0.1) is 11.3 Å². The maximum atomic E-state index is 15.7. The second kappa shape index (κ2) is 13.8. The van der Waals surface area contributed by atoms with Gasteiger partial charge in [-0.25, -0.2) is 4.39 Å². The molecule has 0 bridgehead atoms. The van der Waals surface area contributed by atoms with Crippen LogP contribution in [-0.2, 0) is 20.7 Å². The number of ether oxygens (including phenoxy) is 1. The number of nitrogens with one attached hydrogen (secondary N) is 1. The predicted octanol–water partition coefficient (Wildman–Crippen LogP) is 6.95. The molecule has 11 heteroatoms. The van der Waals surface area contributed by atoms with Crippen LogP contribution >= 0.6 is 22.9 Å². The van der Waals surface area contributed by atoms with Crippen molar-refractivity contribution in [1.29, 1.82) is 0 Å². The van der Waals surface area contributed by atoms with E-state index in [9.17, 15) is 19.5 Å². The molecular formula is C34H39ClFN3O5S. The molecule has 8 nitrogen and oxygen atoms in total. The summed E-state index contributed by atoms with van der Waals surface area (Å²) in [6.45, 7) is 2.77. The number of amides is 1. The van der Waals surface area contributed by atoms with E-state index in [2.05, 4.69) is 15.1 Å². The molecule has 45 heavy (non-hydrogen) atoms. The van der Waals surface area contributed by atoms with Crippen LogP contribution in [0.1, 0.15) is 73.7 Å². The van der Waals surface area contributed by atoms with Crippen LogP contribution in [0, 0.1) is 11.7 Å². The molecule has 240 valence electrons. The quantitative estimate of drug-likeness (QED) is 0.244. The van der Waals surface area contributed by atoms with Gasteiger partial charge in [0.2, 0.25) is 5.85 Å². The Morgan fingerprint density at radius 1 is 0.978 bits per heavy atom. The number of fused-ring (bicyclic) bond motifs is 1. The summed E-state index contributed by atoms with van der Waals surface area (Å²) in [4.78, 5) is 43.5. The van der Waals surface area contributed by atoms with E-state index in [0.717, 1.165) is 42.2 Å². The predicted molar refractivity (Wildman–Crippen MR) is 173 cm³/mol. The molecule has 2 saturated heterocycles. The van der Waals surface area contributed by atoms with Gasteiger partial charge < -0.3 is 15.2 Å². The number of hydrogen-bond acceptors (Lipinski definition) is 7. The molecule has 1 saturated carbocycles. The summed E-state index contributed by atoms with van der Waals surface area (Å²) in [6.07, 6.45) is 6.44. The Bertz CT molecular complexity index is 1560. The third-order valence-corrected chi connectivity index (χ3v) is 10.8. The molecule has 2 aliphatic heterocycles. The van der Waals surface area contributed by atoms with Crippen molar-refractivity contribution in [3.8, 4) is 0 Å². The highest BCUT2D eigenvalue weighted by molar-refractivity contribution is 7.17. The summed E-state index contributed by atoms with van der Waals surface area (Å²) < 4.78 is 23.6. The smallest absolute Gasteiger partial charge is 0.306 e. The van der Waals surface area contributed by atoms with Crippen LogP contribution in [0.5, 0.6) is 0 Å². The van der Waals surface area contributed by atoms with Gasteiger partial charge in [-0.3, -0.25) is 24.2 Å². The number of thiophene rings is 1. The number of benzene rings is 2. The van der Waals surface area contributed by atoms with E-state index < -0.39 is 23.6 Å². The molecule has 3 heterocycles. The zero-order valence-electron chi connectivity index (χ0n) is 25.2. The first-order chi connectivity index (χ1) is 21.8. The summed E-state index contributed by atoms with van der Waals surface area (Å²) in [6, 6.07) is 10.2. The fraction of sp³-hybridized carbons (Fsp3) is 0.500. The van der Waals surface area contributed by atoms with Crippen molar-refractivity contribution in [3.05, 3.63) is 63.7 Å². The lowest BCUT2D eigenvalue weighted by Crippen LogP contribution is -2.68. The van der Waals surface area contributed by atoms with E-state index >= 15 is 4.39 Å². The number of carbonyl (C=O) groups excluding carboxylic acids is 2. The highest BCUT2D eigenvalue weighted by atomic mass is 35.5. The number of halogens is 2. The van der Waals surface area contributed by atoms with Crippen molar-refractivity contribution >= 4 is 56.4 Å². The number of piperidine rings is 1. The number of carbonyl (C=O) groups is 3. The number of likely N-dealkylation sites (tertiary alicyclic amines) is 2. The normalized spacial score (nSPS) is 22.7. The van der Waals surface area contributed by atoms with Gasteiger partial charge in [0, 0.05) is 48.1 Å². The van der Waals surface area contributed by atoms with Gasteiger partial charge in [0.05, 0.1) is 28.3 Å². The summed E-state index contributed by atoms with van der Waals surface area (Å²) in [5.74, 6) is -3.81. The third kappa shape index (κ3) is 6.67. The zero-order chi connectivity index (χ0) is 31.6. The van der Waals surface area contributed by atoms with Crippen LogP contribution in [0.4, 0.5) is 10.1 Å². The third-order valence-electron chi connectivity index (χ3n) is 9.50. The molecule has 1 aliphatic carbocycles. The van der Waals surface area contributed by atoms with E-state index in [0.29, 0.717) is 57.4 Å². The monoisotopic (exact) mass is 655 g/mol. The van der Waals surface area contributed by atoms with E-state index in [1.54, 1.807) is 5.38 Å². The molecule has 2 N–H and O–H groups in total. The Labute approximate surface area is 271 Å². The minimum absolute atomic E-state index is 0.138. The molecule has 3 aliphatic rings. The van der Waals surface area contributed by atoms with Gasteiger partial charge in [-0.2, -0.15) is 0 Å². The zero-order valence-corrected chi connectivity index (χ0v) is 26.8. The number of ketones is 1. The minimum atomic E-state index is -1.36. The fourth-order valence-electron chi connectivity index (χ4n) is 7.10. The standard InChI is InChI=1S/C34H39ClFN3O5S/c35-27-18-23(28(36)20-29(27)37-32(41)26-21-45-30-9-3-2-8-25(26)30)19-31(40)34(39-16-6-7-17-39,38-14-4-1-5-15-38)44-24-12-10-22(11-13-24)33(42)43/h2-3,8-9,18,20-22,24H,1,4-7,10-17,19H2,(H,37,41)(H,42,43). The second-order valence-corrected chi connectivity index (χ2v) is 13.7. The Morgan fingerprint density at radius 3 is 2.29 bits per heavy atom. The summed E-state index contributed by atoms with van der Waals surface area (Å²) in [5.41, 5.74) is 0.763. The van der Waals surface area contributed by atoms with Gasteiger partial charge >= 0.3 is 5.97 Å². The first-order valence-electron chi connectivity index (χ1n) is 16.0. The highest BCUT2D eigenvalue weighted by Gasteiger charge is 2.52. The number of carboxylic acid groups (broad SMARTS) is 1. The van der Waals surface area contributed by atoms with E-state index in [4.69, 9.17) is 16.3 Å². The number of carboxylic acids is 1. The van der Waals surface area contributed by atoms with Gasteiger partial charge in [-0.05, 0) is 75.1 Å². The number of hydrogen-bond donors (Lipinski definition) is 2. The topological polar surface area (TPSA) is 99.2 Å². The number of anilines is 1. The lowest BCUT2D eigenvalue weighted by Gasteiger charge is -2.51. The van der Waals surface area contributed by atoms with Crippen LogP contribution in [0.2, 0.25) is 5.02 Å². The van der Waals surface area contributed by atoms with Gasteiger partial charge in [0.1, 0.15) is 5.82 Å². The Balaban J connectivity index is 1.26. The molecule has 1 atom stereocenters. The summed E-state index contributed by atoms with van der Waals surface area (Å²) >= 11 is 8.06. The lowest BCUT2D eigenvalue weighted by molar-refractivity contribution is -0.258. The van der Waals surface area contributed by atoms with Crippen LogP contribution < -0.4 is 5.32 Å². The van der Waals surface area contributed by atoms with Crippen molar-refractivity contribution in [1.82, 2.24) is 9.80 Å². The number of rotatable bonds is 10. The maximum absolute atomic E-state index is 15.7. The van der Waals surface area contributed by atoms with E-state index in [1.165, 1.54) is 23.5 Å². The number of nitrogens with zero attached hydrogens (tertiary/aromatic N) is 2. The average Bonchev–Trinajstić information content (AvgIpc) is 3.74. The van der Waals surface area contributed by atoms with Crippen LogP contribution in [-0.4, -0.2) is 70.7 Å². The first-order valence-corrected chi connectivity index (χ1v) is 17.2. The Kier molecular flexibility index (Phi) is 9.87. The Hall–Kier alpha value is -2.89. The molecule has 2 aromatic carbocycles. The van der Waals surface area contributed by atoms with Crippen molar-refractivity contribution in [2.75, 3.05) is 31.5 Å². The fourth-order valence-corrected chi connectivity index (χ4v) is 8.27. The van der Waals surface area contributed by atoms with Crippen molar-refractivity contribution in [2.45, 2.75) is 76.2 Å². The van der Waals surface area contributed by atoms with Crippen LogP contribution in [0.3, 0.4) is 0 Å². The molecule has 3 aromatic rings. The maximum Gasteiger partial charge on any atom is 0.306 e. The van der Waals surface area contributed by atoms with Crippen LogP contribution in [0.25, 0.3) is 10.1 Å². The van der Waals surface area contributed by atoms with Crippen molar-refractivity contribution in [2.24, 2.45) is 5.92 Å². The van der Waals surface area contributed by atoms with E-state index in [-0.39, 0.29) is 40.5 Å². The molecule has 1 aromatic heterocycles. The molecule has 0 radical (unpaired) electrons. The van der Waals surface area contributed by atoms with Crippen molar-refractivity contribution < 1.29 is 28.6 Å². The first kappa shape index (κ1) is 32.1. The van der Waals surface area contributed by atoms with Gasteiger partial charge in [0.15, 0.2) is 5.78 Å². The molecule has 6 rings (SSSR count). The molecule has 1 amide bonds. The summed E-state index contributed by atoms with van der Waals surface area (Å²) in [7, 11) is 0. The average molecular weight is 656 g/mol. The SMILES string of the molecule is O=C(Nc1cc(F)c(CC(=O)C(OC2CCC(C(=O)O)CC2)(N2CCCCC2)N2CCCC2)cc1Cl)c1csc2ccccc12. The van der Waals surface area contributed by atoms with Gasteiger partial charge in [-0.1, -0.05) is 36.2 Å². The summed E-state index contributed by atoms with van der Waals surface area (Å²) in [5, 5.41) is 15.0. The lowest BCUT2D eigenvalue weighted by atomic mass is 9.87. The second-order valence-electron chi connectivity index (χ2n) is 12.4. The van der Waals surface area contributed by atoms with Crippen molar-refractivity contribution in [3.63, 3.8) is 0 Å². The Morgan fingerprint density at radius 2 is 1.62 bits per heavy atom. The van der Waals surface area contributed by atoms with E-state index in [1.807, 2.05) is 24.3 Å². The molecule has 1 unspecified atom stereocenters. The van der Waals surface area contributed by atoms with Crippen LogP contribution in [0.15, 0.2) is 41.8 Å². The number of aliphatic carboxylic acids is 1. The molecule has 0 spiro atoms. The minimum Gasteiger partial charge on any atom is -0.481 e.